The Kier molecular flexibility index (Phi) is 10.7. The van der Waals surface area contributed by atoms with Crippen molar-refractivity contribution in [1.29, 1.82) is 0 Å². The van der Waals surface area contributed by atoms with Gasteiger partial charge < -0.3 is 19.3 Å². The highest BCUT2D eigenvalue weighted by Crippen LogP contribution is 2.28. The van der Waals surface area contributed by atoms with Crippen molar-refractivity contribution in [3.8, 4) is 5.75 Å². The molecule has 7 heteroatoms. The Bertz CT molecular complexity index is 998. The van der Waals surface area contributed by atoms with Crippen LogP contribution in [0.5, 0.6) is 5.75 Å². The van der Waals surface area contributed by atoms with Gasteiger partial charge in [-0.15, -0.1) is 0 Å². The number of hydrogen-bond donors (Lipinski definition) is 1. The SMILES string of the molecule is CCOC(=O)CCc1ccc(OC)cc1[C@@H](C)OC[C@H](O)CN1CCC[C@H]1Cc1ccc(C)c(F)c1. The molecule has 1 aliphatic rings. The lowest BCUT2D eigenvalue weighted by atomic mass is 9.98. The first-order chi connectivity index (χ1) is 17.3. The van der Waals surface area contributed by atoms with Crippen LogP contribution in [0.15, 0.2) is 36.4 Å². The second-order valence-corrected chi connectivity index (χ2v) is 9.58. The van der Waals surface area contributed by atoms with E-state index in [1.807, 2.05) is 37.3 Å². The summed E-state index contributed by atoms with van der Waals surface area (Å²) in [5.74, 6) is 0.323. The fourth-order valence-corrected chi connectivity index (χ4v) is 4.85. The van der Waals surface area contributed by atoms with Crippen LogP contribution in [0.2, 0.25) is 0 Å². The number of carbonyl (C=O) groups excluding carboxylic acids is 1. The maximum Gasteiger partial charge on any atom is 0.306 e. The molecule has 1 aliphatic heterocycles. The van der Waals surface area contributed by atoms with Crippen LogP contribution in [-0.2, 0) is 27.1 Å². The van der Waals surface area contributed by atoms with Crippen molar-refractivity contribution in [2.45, 2.75) is 71.1 Å². The molecule has 6 nitrogen and oxygen atoms in total. The molecule has 3 atom stereocenters. The van der Waals surface area contributed by atoms with Crippen LogP contribution in [0, 0.1) is 12.7 Å². The van der Waals surface area contributed by atoms with E-state index in [1.54, 1.807) is 27.0 Å². The average Bonchev–Trinajstić information content (AvgIpc) is 3.29. The van der Waals surface area contributed by atoms with Crippen molar-refractivity contribution in [3.05, 3.63) is 64.5 Å². The van der Waals surface area contributed by atoms with Crippen molar-refractivity contribution < 1.29 is 28.5 Å². The minimum Gasteiger partial charge on any atom is -0.497 e. The van der Waals surface area contributed by atoms with Gasteiger partial charge >= 0.3 is 5.97 Å². The molecule has 198 valence electrons. The van der Waals surface area contributed by atoms with Crippen molar-refractivity contribution in [1.82, 2.24) is 4.90 Å². The zero-order valence-electron chi connectivity index (χ0n) is 22.0. The number of benzene rings is 2. The molecule has 0 amide bonds. The molecule has 0 spiro atoms. The summed E-state index contributed by atoms with van der Waals surface area (Å²) in [6.07, 6.45) is 2.79. The minimum atomic E-state index is -0.642. The molecule has 0 aliphatic carbocycles. The molecule has 0 saturated carbocycles. The smallest absolute Gasteiger partial charge is 0.306 e. The summed E-state index contributed by atoms with van der Waals surface area (Å²) < 4.78 is 30.5. The maximum absolute atomic E-state index is 14.0. The number of methoxy groups -OCH3 is 1. The maximum atomic E-state index is 14.0. The number of aryl methyl sites for hydroxylation is 2. The molecule has 2 aromatic rings. The van der Waals surface area contributed by atoms with E-state index in [2.05, 4.69) is 4.90 Å². The second kappa shape index (κ2) is 13.7. The number of halogens is 1. The molecule has 1 N–H and O–H groups in total. The highest BCUT2D eigenvalue weighted by atomic mass is 19.1. The average molecular weight is 502 g/mol. The predicted octanol–water partition coefficient (Wildman–Crippen LogP) is 4.78. The lowest BCUT2D eigenvalue weighted by molar-refractivity contribution is -0.143. The van der Waals surface area contributed by atoms with Crippen molar-refractivity contribution >= 4 is 5.97 Å². The number of hydrogen-bond acceptors (Lipinski definition) is 6. The zero-order valence-corrected chi connectivity index (χ0v) is 22.0. The zero-order chi connectivity index (χ0) is 26.1. The fourth-order valence-electron chi connectivity index (χ4n) is 4.85. The molecule has 0 bridgehead atoms. The number of aliphatic hydroxyl groups is 1. The van der Waals surface area contributed by atoms with E-state index in [1.165, 1.54) is 0 Å². The number of nitrogens with zero attached hydrogens (tertiary/aromatic N) is 1. The summed E-state index contributed by atoms with van der Waals surface area (Å²) in [6, 6.07) is 11.5. The molecule has 1 saturated heterocycles. The van der Waals surface area contributed by atoms with Gasteiger partial charge in [-0.25, -0.2) is 4.39 Å². The van der Waals surface area contributed by atoms with Gasteiger partial charge in [-0.2, -0.15) is 0 Å². The first-order valence-electron chi connectivity index (χ1n) is 12.9. The topological polar surface area (TPSA) is 68.2 Å². The van der Waals surface area contributed by atoms with Gasteiger partial charge in [-0.1, -0.05) is 18.2 Å². The molecule has 1 fully saturated rings. The molecule has 0 aromatic heterocycles. The van der Waals surface area contributed by atoms with Gasteiger partial charge in [0.25, 0.3) is 0 Å². The van der Waals surface area contributed by atoms with E-state index < -0.39 is 6.10 Å². The van der Waals surface area contributed by atoms with Gasteiger partial charge in [0.05, 0.1) is 32.5 Å². The number of carbonyl (C=O) groups is 1. The van der Waals surface area contributed by atoms with Crippen LogP contribution in [0.4, 0.5) is 4.39 Å². The van der Waals surface area contributed by atoms with E-state index in [0.29, 0.717) is 37.3 Å². The first-order valence-corrected chi connectivity index (χ1v) is 12.9. The summed E-state index contributed by atoms with van der Waals surface area (Å²) >= 11 is 0. The Morgan fingerprint density at radius 3 is 2.78 bits per heavy atom. The third kappa shape index (κ3) is 8.02. The lowest BCUT2D eigenvalue weighted by Crippen LogP contribution is -2.39. The van der Waals surface area contributed by atoms with Crippen LogP contribution in [0.1, 0.15) is 61.5 Å². The van der Waals surface area contributed by atoms with Crippen molar-refractivity contribution in [3.63, 3.8) is 0 Å². The molecule has 36 heavy (non-hydrogen) atoms. The summed E-state index contributed by atoms with van der Waals surface area (Å²) in [6.45, 7) is 7.50. The quantitative estimate of drug-likeness (QED) is 0.398. The summed E-state index contributed by atoms with van der Waals surface area (Å²) in [5.41, 5.74) is 3.58. The van der Waals surface area contributed by atoms with Crippen molar-refractivity contribution in [2.24, 2.45) is 0 Å². The third-order valence-electron chi connectivity index (χ3n) is 6.89. The van der Waals surface area contributed by atoms with Gasteiger partial charge in [0, 0.05) is 19.0 Å². The van der Waals surface area contributed by atoms with E-state index in [9.17, 15) is 14.3 Å². The van der Waals surface area contributed by atoms with E-state index >= 15 is 0 Å². The molecule has 2 aromatic carbocycles. The van der Waals surface area contributed by atoms with Gasteiger partial charge in [-0.05, 0) is 93.5 Å². The Balaban J connectivity index is 1.55. The standard InChI is InChI=1S/C29H40FNO5/c1-5-35-29(33)13-11-23-10-12-26(34-4)17-27(23)21(3)36-19-25(32)18-31-14-6-7-24(31)15-22-9-8-20(2)28(30)16-22/h8-10,12,16-17,21,24-25,32H,5-7,11,13-15,18-19H2,1-4H3/t21-,24+,25-/m1/s1. The second-order valence-electron chi connectivity index (χ2n) is 9.58. The fraction of sp³-hybridized carbons (Fsp3) is 0.552. The highest BCUT2D eigenvalue weighted by Gasteiger charge is 2.27. The highest BCUT2D eigenvalue weighted by molar-refractivity contribution is 5.69. The molecule has 0 radical (unpaired) electrons. The van der Waals surface area contributed by atoms with E-state index in [-0.39, 0.29) is 30.5 Å². The van der Waals surface area contributed by atoms with E-state index in [4.69, 9.17) is 14.2 Å². The summed E-state index contributed by atoms with van der Waals surface area (Å²) in [4.78, 5) is 14.1. The monoisotopic (exact) mass is 501 g/mol. The summed E-state index contributed by atoms with van der Waals surface area (Å²) in [5, 5.41) is 10.8. The lowest BCUT2D eigenvalue weighted by Gasteiger charge is -2.28. The number of ether oxygens (including phenoxy) is 3. The van der Waals surface area contributed by atoms with Gasteiger partial charge in [0.1, 0.15) is 11.6 Å². The molecule has 3 rings (SSSR count). The molecular weight excluding hydrogens is 461 g/mol. The van der Waals surface area contributed by atoms with Gasteiger partial charge in [0.2, 0.25) is 0 Å². The van der Waals surface area contributed by atoms with Crippen LogP contribution < -0.4 is 4.74 Å². The van der Waals surface area contributed by atoms with Crippen molar-refractivity contribution in [2.75, 3.05) is 33.4 Å². The Hall–Kier alpha value is -2.48. The summed E-state index contributed by atoms with van der Waals surface area (Å²) in [7, 11) is 1.62. The number of likely N-dealkylation sites (tertiary alicyclic amines) is 1. The predicted molar refractivity (Wildman–Crippen MR) is 138 cm³/mol. The third-order valence-corrected chi connectivity index (χ3v) is 6.89. The van der Waals surface area contributed by atoms with Crippen LogP contribution in [0.25, 0.3) is 0 Å². The van der Waals surface area contributed by atoms with Crippen LogP contribution in [0.3, 0.4) is 0 Å². The number of rotatable bonds is 13. The van der Waals surface area contributed by atoms with E-state index in [0.717, 1.165) is 42.5 Å². The Labute approximate surface area is 214 Å². The Morgan fingerprint density at radius 2 is 2.06 bits per heavy atom. The molecular formula is C29H40FNO5. The first kappa shape index (κ1) is 28.1. The van der Waals surface area contributed by atoms with Gasteiger partial charge in [0.15, 0.2) is 0 Å². The Morgan fingerprint density at radius 1 is 1.25 bits per heavy atom. The van der Waals surface area contributed by atoms with Crippen LogP contribution >= 0.6 is 0 Å². The van der Waals surface area contributed by atoms with Crippen LogP contribution in [-0.4, -0.2) is 61.5 Å². The number of esters is 1. The van der Waals surface area contributed by atoms with Gasteiger partial charge in [-0.3, -0.25) is 9.69 Å². The molecule has 1 heterocycles. The minimum absolute atomic E-state index is 0.168. The largest absolute Gasteiger partial charge is 0.497 e. The number of aliphatic hydroxyl groups excluding tert-OH is 1. The normalized spacial score (nSPS) is 17.7. The number of β-amino-alcohol motifs (C(OH)–C–C–N with tert-alkyl or cyclic N) is 1. The molecule has 0 unspecified atom stereocenters.